The summed E-state index contributed by atoms with van der Waals surface area (Å²) in [5, 5.41) is 23.2. The van der Waals surface area contributed by atoms with E-state index in [4.69, 9.17) is 10.2 Å². The van der Waals surface area contributed by atoms with Crippen molar-refractivity contribution in [2.24, 2.45) is 0 Å². The fourth-order valence-electron chi connectivity index (χ4n) is 1.21. The van der Waals surface area contributed by atoms with Crippen LogP contribution in [0.15, 0.2) is 24.3 Å². The van der Waals surface area contributed by atoms with Gasteiger partial charge in [-0.1, -0.05) is 6.07 Å². The van der Waals surface area contributed by atoms with Gasteiger partial charge in [0.05, 0.1) is 12.7 Å². The molecule has 0 saturated heterocycles. The second-order valence-corrected chi connectivity index (χ2v) is 3.38. The zero-order valence-corrected chi connectivity index (χ0v) is 9.10. The van der Waals surface area contributed by atoms with Crippen LogP contribution in [0.1, 0.15) is 10.4 Å². The van der Waals surface area contributed by atoms with E-state index >= 15 is 0 Å². The lowest BCUT2D eigenvalue weighted by molar-refractivity contribution is 0.0963. The molecule has 0 saturated carbocycles. The van der Waals surface area contributed by atoms with Gasteiger partial charge >= 0.3 is 0 Å². The van der Waals surface area contributed by atoms with E-state index in [0.29, 0.717) is 5.56 Å². The number of rotatable bonds is 5. The first-order valence-electron chi connectivity index (χ1n) is 5.02. The van der Waals surface area contributed by atoms with E-state index in [1.807, 2.05) is 0 Å². The number of hydrogen-bond donors (Lipinski definition) is 4. The Morgan fingerprint density at radius 2 is 2.25 bits per heavy atom. The molecule has 1 rings (SSSR count). The van der Waals surface area contributed by atoms with Crippen LogP contribution in [0.3, 0.4) is 0 Å². The molecule has 0 aliphatic heterocycles. The van der Waals surface area contributed by atoms with E-state index < -0.39 is 6.10 Å². The fourth-order valence-corrected chi connectivity index (χ4v) is 1.21. The zero-order chi connectivity index (χ0) is 12.0. The molecule has 1 amide bonds. The Morgan fingerprint density at radius 1 is 1.50 bits per heavy atom. The number of carbonyl (C=O) groups excluding carboxylic acids is 1. The topological polar surface area (TPSA) is 81.6 Å². The van der Waals surface area contributed by atoms with Crippen LogP contribution in [0.25, 0.3) is 0 Å². The van der Waals surface area contributed by atoms with Crippen LogP contribution in [-0.2, 0) is 0 Å². The molecule has 1 aromatic carbocycles. The molecule has 0 aliphatic rings. The average Bonchev–Trinajstić information content (AvgIpc) is 2.35. The van der Waals surface area contributed by atoms with E-state index in [1.165, 1.54) is 0 Å². The Labute approximate surface area is 94.1 Å². The Morgan fingerprint density at radius 3 is 2.88 bits per heavy atom. The zero-order valence-electron chi connectivity index (χ0n) is 9.10. The van der Waals surface area contributed by atoms with Crippen LogP contribution in [0.2, 0.25) is 0 Å². The van der Waals surface area contributed by atoms with E-state index in [9.17, 15) is 4.79 Å². The lowest BCUT2D eigenvalue weighted by Gasteiger charge is -2.10. The molecule has 0 spiro atoms. The number of hydrogen-bond acceptors (Lipinski definition) is 4. The minimum Gasteiger partial charge on any atom is -0.394 e. The average molecular weight is 224 g/mol. The van der Waals surface area contributed by atoms with Crippen molar-refractivity contribution in [3.63, 3.8) is 0 Å². The van der Waals surface area contributed by atoms with Gasteiger partial charge in [0.25, 0.3) is 5.91 Å². The molecule has 0 bridgehead atoms. The summed E-state index contributed by atoms with van der Waals surface area (Å²) in [5.74, 6) is -0.161. The Kier molecular flexibility index (Phi) is 4.75. The van der Waals surface area contributed by atoms with Crippen LogP contribution in [0, 0.1) is 0 Å². The monoisotopic (exact) mass is 224 g/mol. The van der Waals surface area contributed by atoms with Gasteiger partial charge in [0, 0.05) is 24.8 Å². The third-order valence-corrected chi connectivity index (χ3v) is 2.10. The largest absolute Gasteiger partial charge is 0.394 e. The van der Waals surface area contributed by atoms with Crippen molar-refractivity contribution in [3.05, 3.63) is 29.8 Å². The number of amides is 1. The third kappa shape index (κ3) is 3.52. The second kappa shape index (κ2) is 6.09. The molecule has 4 N–H and O–H groups in total. The van der Waals surface area contributed by atoms with Crippen molar-refractivity contribution >= 4 is 11.6 Å². The molecule has 1 unspecified atom stereocenters. The highest BCUT2D eigenvalue weighted by Gasteiger charge is 2.05. The molecular formula is C11H16N2O3. The molecule has 0 heterocycles. The summed E-state index contributed by atoms with van der Waals surface area (Å²) in [5.41, 5.74) is 1.28. The van der Waals surface area contributed by atoms with Crippen LogP contribution in [0.5, 0.6) is 0 Å². The van der Waals surface area contributed by atoms with Crippen LogP contribution in [-0.4, -0.2) is 42.4 Å². The molecule has 16 heavy (non-hydrogen) atoms. The number of nitrogens with one attached hydrogen (secondary N) is 2. The maximum Gasteiger partial charge on any atom is 0.251 e. The minimum atomic E-state index is -0.802. The van der Waals surface area contributed by atoms with Crippen molar-refractivity contribution in [1.82, 2.24) is 5.32 Å². The summed E-state index contributed by atoms with van der Waals surface area (Å²) < 4.78 is 0. The summed E-state index contributed by atoms with van der Waals surface area (Å²) in [4.78, 5) is 11.3. The minimum absolute atomic E-state index is 0.161. The third-order valence-electron chi connectivity index (χ3n) is 2.10. The van der Waals surface area contributed by atoms with Crippen molar-refractivity contribution in [2.45, 2.75) is 6.10 Å². The summed E-state index contributed by atoms with van der Waals surface area (Å²) >= 11 is 0. The summed E-state index contributed by atoms with van der Waals surface area (Å²) in [6.45, 7) is -0.0458. The van der Waals surface area contributed by atoms with Gasteiger partial charge in [0.2, 0.25) is 0 Å². The van der Waals surface area contributed by atoms with E-state index in [-0.39, 0.29) is 19.1 Å². The van der Waals surface area contributed by atoms with Gasteiger partial charge in [-0.3, -0.25) is 4.79 Å². The number of benzene rings is 1. The number of aliphatic hydroxyl groups excluding tert-OH is 2. The lowest BCUT2D eigenvalue weighted by atomic mass is 10.2. The lowest BCUT2D eigenvalue weighted by Crippen LogP contribution is -2.23. The molecule has 88 valence electrons. The predicted octanol–water partition coefficient (Wildman–Crippen LogP) is -0.189. The molecule has 0 radical (unpaired) electrons. The number of anilines is 1. The van der Waals surface area contributed by atoms with Gasteiger partial charge < -0.3 is 20.8 Å². The van der Waals surface area contributed by atoms with Gasteiger partial charge in [-0.25, -0.2) is 0 Å². The Balaban J connectivity index is 2.64. The molecule has 0 aliphatic carbocycles. The molecule has 0 aromatic heterocycles. The molecular weight excluding hydrogens is 208 g/mol. The van der Waals surface area contributed by atoms with Crippen molar-refractivity contribution in [2.75, 3.05) is 25.5 Å². The van der Waals surface area contributed by atoms with Gasteiger partial charge in [-0.2, -0.15) is 0 Å². The number of carbonyl (C=O) groups is 1. The summed E-state index contributed by atoms with van der Waals surface area (Å²) in [6, 6.07) is 6.92. The highest BCUT2D eigenvalue weighted by atomic mass is 16.3. The van der Waals surface area contributed by atoms with Crippen LogP contribution >= 0.6 is 0 Å². The SMILES string of the molecule is CNC(=O)c1cccc(NCC(O)CO)c1. The van der Waals surface area contributed by atoms with Crippen LogP contribution < -0.4 is 10.6 Å². The van der Waals surface area contributed by atoms with Gasteiger partial charge in [0.1, 0.15) is 0 Å². The Bertz CT molecular complexity index is 355. The second-order valence-electron chi connectivity index (χ2n) is 3.38. The van der Waals surface area contributed by atoms with Gasteiger partial charge in [0.15, 0.2) is 0 Å². The van der Waals surface area contributed by atoms with E-state index in [2.05, 4.69) is 10.6 Å². The summed E-state index contributed by atoms with van der Waals surface area (Å²) in [7, 11) is 1.57. The first-order valence-corrected chi connectivity index (χ1v) is 5.02. The van der Waals surface area contributed by atoms with Crippen molar-refractivity contribution < 1.29 is 15.0 Å². The highest BCUT2D eigenvalue weighted by Crippen LogP contribution is 2.10. The van der Waals surface area contributed by atoms with Crippen molar-refractivity contribution in [1.29, 1.82) is 0 Å². The number of aliphatic hydroxyl groups is 2. The quantitative estimate of drug-likeness (QED) is 0.559. The molecule has 5 nitrogen and oxygen atoms in total. The van der Waals surface area contributed by atoms with Gasteiger partial charge in [-0.05, 0) is 18.2 Å². The van der Waals surface area contributed by atoms with E-state index in [1.54, 1.807) is 31.3 Å². The fraction of sp³-hybridized carbons (Fsp3) is 0.364. The molecule has 5 heteroatoms. The van der Waals surface area contributed by atoms with Crippen molar-refractivity contribution in [3.8, 4) is 0 Å². The normalized spacial score (nSPS) is 11.9. The maximum atomic E-state index is 11.3. The van der Waals surface area contributed by atoms with E-state index in [0.717, 1.165) is 5.69 Å². The Hall–Kier alpha value is -1.59. The molecule has 1 aromatic rings. The first-order chi connectivity index (χ1) is 7.67. The first kappa shape index (κ1) is 12.5. The van der Waals surface area contributed by atoms with Gasteiger partial charge in [-0.15, -0.1) is 0 Å². The molecule has 1 atom stereocenters. The highest BCUT2D eigenvalue weighted by molar-refractivity contribution is 5.94. The predicted molar refractivity (Wildman–Crippen MR) is 61.4 cm³/mol. The summed E-state index contributed by atoms with van der Waals surface area (Å²) in [6.07, 6.45) is -0.802. The maximum absolute atomic E-state index is 11.3. The molecule has 0 fully saturated rings. The standard InChI is InChI=1S/C11H16N2O3/c1-12-11(16)8-3-2-4-9(5-8)13-6-10(15)7-14/h2-5,10,13-15H,6-7H2,1H3,(H,12,16). The smallest absolute Gasteiger partial charge is 0.251 e. The van der Waals surface area contributed by atoms with Crippen LogP contribution in [0.4, 0.5) is 5.69 Å².